The lowest BCUT2D eigenvalue weighted by atomic mass is 9.78. The largest absolute Gasteiger partial charge is 0.389 e. The molecule has 0 fully saturated rings. The van der Waals surface area contributed by atoms with Gasteiger partial charge in [-0.3, -0.25) is 4.99 Å². The maximum Gasteiger partial charge on any atom is 0.131 e. The molecule has 0 saturated heterocycles. The molecule has 4 atom stereocenters. The first-order chi connectivity index (χ1) is 12.7. The zero-order valence-corrected chi connectivity index (χ0v) is 15.5. The number of aliphatic hydroxyl groups excluding tert-OH is 1. The Balaban J connectivity index is 1.68. The molecule has 26 heavy (non-hydrogen) atoms. The molecule has 1 aromatic carbocycles. The van der Waals surface area contributed by atoms with Crippen molar-refractivity contribution in [2.24, 2.45) is 16.8 Å². The minimum atomic E-state index is -0.326. The van der Waals surface area contributed by atoms with E-state index in [0.29, 0.717) is 17.9 Å². The third-order valence-corrected chi connectivity index (χ3v) is 5.72. The van der Waals surface area contributed by atoms with E-state index in [2.05, 4.69) is 66.5 Å². The van der Waals surface area contributed by atoms with Crippen LogP contribution in [-0.4, -0.2) is 41.1 Å². The fraction of sp³-hybridized carbons (Fsp3) is 0.435. The highest BCUT2D eigenvalue weighted by Gasteiger charge is 2.36. The first-order valence-electron chi connectivity index (χ1n) is 9.81. The second-order valence-corrected chi connectivity index (χ2v) is 7.74. The summed E-state index contributed by atoms with van der Waals surface area (Å²) in [5, 5.41) is 10.2. The lowest BCUT2D eigenvalue weighted by molar-refractivity contribution is 0.147. The summed E-state index contributed by atoms with van der Waals surface area (Å²) in [6, 6.07) is 10.8. The van der Waals surface area contributed by atoms with E-state index in [-0.39, 0.29) is 6.10 Å². The SMILES string of the molecule is CC1C=CC=C(C(C2CC=CC(O)C2)N2CCN=C2c2ccccc2)C1. The Bertz CT molecular complexity index is 747. The molecule has 4 rings (SSSR count). The van der Waals surface area contributed by atoms with Gasteiger partial charge in [-0.25, -0.2) is 0 Å². The number of amidine groups is 1. The summed E-state index contributed by atoms with van der Waals surface area (Å²) in [6.45, 7) is 4.09. The number of rotatable bonds is 4. The van der Waals surface area contributed by atoms with Crippen molar-refractivity contribution in [2.45, 2.75) is 38.3 Å². The maximum atomic E-state index is 10.2. The molecular formula is C23H28N2O. The van der Waals surface area contributed by atoms with E-state index in [9.17, 15) is 5.11 Å². The van der Waals surface area contributed by atoms with Crippen molar-refractivity contribution < 1.29 is 5.11 Å². The lowest BCUT2D eigenvalue weighted by Gasteiger charge is -2.40. The molecule has 0 radical (unpaired) electrons. The van der Waals surface area contributed by atoms with Crippen LogP contribution >= 0.6 is 0 Å². The molecule has 0 spiro atoms. The predicted molar refractivity (Wildman–Crippen MR) is 107 cm³/mol. The van der Waals surface area contributed by atoms with Gasteiger partial charge in [-0.2, -0.15) is 0 Å². The van der Waals surface area contributed by atoms with Gasteiger partial charge in [0.2, 0.25) is 0 Å². The number of hydrogen-bond donors (Lipinski definition) is 1. The topological polar surface area (TPSA) is 35.8 Å². The van der Waals surface area contributed by atoms with Crippen molar-refractivity contribution in [1.29, 1.82) is 0 Å². The molecule has 0 bridgehead atoms. The van der Waals surface area contributed by atoms with Gasteiger partial charge in [0.25, 0.3) is 0 Å². The number of benzene rings is 1. The number of aliphatic imine (C=N–C) groups is 1. The summed E-state index contributed by atoms with van der Waals surface area (Å²) in [5.41, 5.74) is 2.68. The maximum absolute atomic E-state index is 10.2. The normalized spacial score (nSPS) is 29.5. The molecular weight excluding hydrogens is 320 g/mol. The molecule has 1 aliphatic heterocycles. The molecule has 1 heterocycles. The molecule has 1 aromatic rings. The Morgan fingerprint density at radius 2 is 2.04 bits per heavy atom. The quantitative estimate of drug-likeness (QED) is 0.836. The summed E-state index contributed by atoms with van der Waals surface area (Å²) in [5.74, 6) is 2.11. The van der Waals surface area contributed by atoms with Crippen LogP contribution in [0.3, 0.4) is 0 Å². The van der Waals surface area contributed by atoms with E-state index >= 15 is 0 Å². The van der Waals surface area contributed by atoms with E-state index in [1.165, 1.54) is 11.1 Å². The van der Waals surface area contributed by atoms with Crippen molar-refractivity contribution in [3.8, 4) is 0 Å². The molecule has 3 aliphatic rings. The monoisotopic (exact) mass is 348 g/mol. The van der Waals surface area contributed by atoms with Crippen LogP contribution in [0.5, 0.6) is 0 Å². The second kappa shape index (κ2) is 7.63. The minimum absolute atomic E-state index is 0.309. The Labute approximate surface area is 156 Å². The number of nitrogens with zero attached hydrogens (tertiary/aromatic N) is 2. The molecule has 3 nitrogen and oxygen atoms in total. The molecule has 0 amide bonds. The number of allylic oxidation sites excluding steroid dienone is 4. The van der Waals surface area contributed by atoms with E-state index in [1.807, 2.05) is 6.08 Å². The Kier molecular flexibility index (Phi) is 5.07. The van der Waals surface area contributed by atoms with Crippen molar-refractivity contribution >= 4 is 5.84 Å². The molecule has 0 saturated carbocycles. The van der Waals surface area contributed by atoms with Gasteiger partial charge in [0, 0.05) is 12.1 Å². The third kappa shape index (κ3) is 3.54. The second-order valence-electron chi connectivity index (χ2n) is 7.74. The first-order valence-corrected chi connectivity index (χ1v) is 9.81. The van der Waals surface area contributed by atoms with Crippen molar-refractivity contribution in [2.75, 3.05) is 13.1 Å². The third-order valence-electron chi connectivity index (χ3n) is 5.72. The lowest BCUT2D eigenvalue weighted by Crippen LogP contribution is -2.46. The molecule has 2 aliphatic carbocycles. The number of aliphatic hydroxyl groups is 1. The van der Waals surface area contributed by atoms with Crippen molar-refractivity contribution in [3.63, 3.8) is 0 Å². The Morgan fingerprint density at radius 3 is 2.81 bits per heavy atom. The van der Waals surface area contributed by atoms with Crippen LogP contribution in [0.1, 0.15) is 31.7 Å². The van der Waals surface area contributed by atoms with Gasteiger partial charge in [0.15, 0.2) is 0 Å². The van der Waals surface area contributed by atoms with Crippen LogP contribution in [0.4, 0.5) is 0 Å². The van der Waals surface area contributed by atoms with Crippen LogP contribution in [0.2, 0.25) is 0 Å². The fourth-order valence-electron chi connectivity index (χ4n) is 4.58. The van der Waals surface area contributed by atoms with Crippen LogP contribution < -0.4 is 0 Å². The van der Waals surface area contributed by atoms with Crippen molar-refractivity contribution in [1.82, 2.24) is 4.90 Å². The summed E-state index contributed by atoms with van der Waals surface area (Å²) >= 11 is 0. The van der Waals surface area contributed by atoms with Gasteiger partial charge in [-0.1, -0.05) is 67.6 Å². The van der Waals surface area contributed by atoms with E-state index < -0.39 is 0 Å². The molecule has 136 valence electrons. The zero-order chi connectivity index (χ0) is 17.9. The van der Waals surface area contributed by atoms with E-state index in [1.54, 1.807) is 0 Å². The summed E-state index contributed by atoms with van der Waals surface area (Å²) in [7, 11) is 0. The smallest absolute Gasteiger partial charge is 0.131 e. The standard InChI is InChI=1S/C23H28N2O/c1-17-7-5-10-19(15-17)22(20-11-6-12-21(26)16-20)25-14-13-24-23(25)18-8-3-2-4-9-18/h2-10,12,17,20-22,26H,11,13-16H2,1H3. The van der Waals surface area contributed by atoms with Crippen molar-refractivity contribution in [3.05, 3.63) is 71.8 Å². The highest BCUT2D eigenvalue weighted by atomic mass is 16.3. The highest BCUT2D eigenvalue weighted by molar-refractivity contribution is 6.00. The van der Waals surface area contributed by atoms with Gasteiger partial charge in [0.1, 0.15) is 5.84 Å². The van der Waals surface area contributed by atoms with Gasteiger partial charge in [0.05, 0.1) is 18.7 Å². The summed E-state index contributed by atoms with van der Waals surface area (Å²) in [4.78, 5) is 7.36. The van der Waals surface area contributed by atoms with Crippen LogP contribution in [0, 0.1) is 11.8 Å². The van der Waals surface area contributed by atoms with Crippen LogP contribution in [0.25, 0.3) is 0 Å². The summed E-state index contributed by atoms with van der Waals surface area (Å²) < 4.78 is 0. The zero-order valence-electron chi connectivity index (χ0n) is 15.5. The average molecular weight is 348 g/mol. The molecule has 1 N–H and O–H groups in total. The van der Waals surface area contributed by atoms with E-state index in [4.69, 9.17) is 4.99 Å². The highest BCUT2D eigenvalue weighted by Crippen LogP contribution is 2.35. The van der Waals surface area contributed by atoms with Gasteiger partial charge in [-0.15, -0.1) is 0 Å². The van der Waals surface area contributed by atoms with Crippen LogP contribution in [-0.2, 0) is 0 Å². The van der Waals surface area contributed by atoms with Crippen LogP contribution in [0.15, 0.2) is 71.3 Å². The average Bonchev–Trinajstić information content (AvgIpc) is 3.12. The Hall–Kier alpha value is -2.13. The molecule has 4 unspecified atom stereocenters. The summed E-state index contributed by atoms with van der Waals surface area (Å²) in [6.07, 6.45) is 13.5. The van der Waals surface area contributed by atoms with E-state index in [0.717, 1.165) is 38.2 Å². The van der Waals surface area contributed by atoms with Gasteiger partial charge < -0.3 is 10.0 Å². The Morgan fingerprint density at radius 1 is 1.19 bits per heavy atom. The number of hydrogen-bond acceptors (Lipinski definition) is 3. The first kappa shape index (κ1) is 17.3. The molecule has 0 aromatic heterocycles. The minimum Gasteiger partial charge on any atom is -0.389 e. The van der Waals surface area contributed by atoms with Gasteiger partial charge >= 0.3 is 0 Å². The van der Waals surface area contributed by atoms with Gasteiger partial charge in [-0.05, 0) is 36.7 Å². The molecule has 3 heteroatoms. The predicted octanol–water partition coefficient (Wildman–Crippen LogP) is 3.97. The fourth-order valence-corrected chi connectivity index (χ4v) is 4.58.